The molecular formula is C15H24N2O4. The monoisotopic (exact) mass is 296 g/mol. The highest BCUT2D eigenvalue weighted by atomic mass is 16.6. The van der Waals surface area contributed by atoms with Gasteiger partial charge in [-0.1, -0.05) is 19.9 Å². The first-order chi connectivity index (χ1) is 9.89. The van der Waals surface area contributed by atoms with Crippen LogP contribution in [0.15, 0.2) is 18.2 Å². The van der Waals surface area contributed by atoms with Crippen LogP contribution in [0.3, 0.4) is 0 Å². The number of nitro groups is 1. The summed E-state index contributed by atoms with van der Waals surface area (Å²) >= 11 is 0. The van der Waals surface area contributed by atoms with Gasteiger partial charge in [0.25, 0.3) is 0 Å². The van der Waals surface area contributed by atoms with E-state index >= 15 is 0 Å². The van der Waals surface area contributed by atoms with E-state index in [2.05, 4.69) is 5.32 Å². The Kier molecular flexibility index (Phi) is 6.58. The number of hydrogen-bond acceptors (Lipinski definition) is 5. The van der Waals surface area contributed by atoms with Gasteiger partial charge >= 0.3 is 5.69 Å². The molecule has 1 rings (SSSR count). The number of aryl methyl sites for hydroxylation is 1. The number of nitro benzene ring substituents is 1. The maximum absolute atomic E-state index is 11.1. The van der Waals surface area contributed by atoms with Crippen LogP contribution in [-0.4, -0.2) is 35.3 Å². The van der Waals surface area contributed by atoms with E-state index < -0.39 is 10.5 Å². The second kappa shape index (κ2) is 7.95. The van der Waals surface area contributed by atoms with E-state index in [0.717, 1.165) is 24.9 Å². The summed E-state index contributed by atoms with van der Waals surface area (Å²) in [4.78, 5) is 10.6. The van der Waals surface area contributed by atoms with Crippen molar-refractivity contribution in [2.45, 2.75) is 39.2 Å². The smallest absolute Gasteiger partial charge is 0.311 e. The molecule has 1 aromatic rings. The lowest BCUT2D eigenvalue weighted by atomic mass is 10.1. The fourth-order valence-corrected chi connectivity index (χ4v) is 1.87. The van der Waals surface area contributed by atoms with E-state index in [4.69, 9.17) is 4.74 Å². The Morgan fingerprint density at radius 3 is 2.71 bits per heavy atom. The molecule has 0 spiro atoms. The fourth-order valence-electron chi connectivity index (χ4n) is 1.87. The summed E-state index contributed by atoms with van der Waals surface area (Å²) < 4.78 is 5.46. The highest BCUT2D eigenvalue weighted by Crippen LogP contribution is 2.28. The van der Waals surface area contributed by atoms with E-state index in [0.29, 0.717) is 6.54 Å². The van der Waals surface area contributed by atoms with E-state index in [-0.39, 0.29) is 18.0 Å². The molecule has 2 N–H and O–H groups in total. The molecule has 0 amide bonds. The zero-order valence-electron chi connectivity index (χ0n) is 12.9. The summed E-state index contributed by atoms with van der Waals surface area (Å²) in [5, 5.41) is 24.4. The maximum Gasteiger partial charge on any atom is 0.311 e. The fraction of sp³-hybridized carbons (Fsp3) is 0.600. The van der Waals surface area contributed by atoms with Crippen LogP contribution in [0.4, 0.5) is 5.69 Å². The Labute approximate surface area is 125 Å². The van der Waals surface area contributed by atoms with Crippen LogP contribution in [0.1, 0.15) is 32.8 Å². The van der Waals surface area contributed by atoms with Gasteiger partial charge < -0.3 is 15.2 Å². The summed E-state index contributed by atoms with van der Waals surface area (Å²) in [5.41, 5.74) is -0.260. The minimum atomic E-state index is -1.08. The van der Waals surface area contributed by atoms with Crippen molar-refractivity contribution in [2.75, 3.05) is 19.7 Å². The Balaban J connectivity index is 2.72. The van der Waals surface area contributed by atoms with Crippen LogP contribution < -0.4 is 10.1 Å². The van der Waals surface area contributed by atoms with Crippen LogP contribution in [0.25, 0.3) is 0 Å². The molecule has 118 valence electrons. The van der Waals surface area contributed by atoms with Gasteiger partial charge in [-0.3, -0.25) is 10.1 Å². The van der Waals surface area contributed by atoms with Gasteiger partial charge in [0, 0.05) is 12.6 Å². The average Bonchev–Trinajstić information content (AvgIpc) is 2.45. The normalized spacial score (nSPS) is 13.7. The molecule has 6 heteroatoms. The molecule has 0 aliphatic rings. The number of nitrogens with zero attached hydrogens (tertiary/aromatic N) is 1. The van der Waals surface area contributed by atoms with Gasteiger partial charge in [-0.2, -0.15) is 0 Å². The predicted molar refractivity (Wildman–Crippen MR) is 81.8 cm³/mol. The van der Waals surface area contributed by atoms with Crippen LogP contribution >= 0.6 is 0 Å². The van der Waals surface area contributed by atoms with Crippen molar-refractivity contribution in [1.29, 1.82) is 0 Å². The van der Waals surface area contributed by atoms with Gasteiger partial charge in [-0.05, 0) is 37.9 Å². The lowest BCUT2D eigenvalue weighted by Gasteiger charge is -2.23. The van der Waals surface area contributed by atoms with Crippen LogP contribution in [-0.2, 0) is 6.42 Å². The molecule has 0 aliphatic heterocycles. The Morgan fingerprint density at radius 2 is 2.14 bits per heavy atom. The number of aliphatic hydroxyl groups is 1. The lowest BCUT2D eigenvalue weighted by Crippen LogP contribution is -2.43. The first kappa shape index (κ1) is 17.4. The maximum atomic E-state index is 11.1. The molecular weight excluding hydrogens is 272 g/mol. The first-order valence-electron chi connectivity index (χ1n) is 7.23. The van der Waals surface area contributed by atoms with Gasteiger partial charge in [-0.15, -0.1) is 0 Å². The first-order valence-corrected chi connectivity index (χ1v) is 7.23. The number of ether oxygens (including phenoxy) is 1. The number of nitrogens with one attached hydrogen (secondary N) is 1. The Hall–Kier alpha value is -1.66. The SMILES string of the molecule is CCCNCC(C)(O)COc1ccc(CC)cc1[N+](=O)[O-]. The summed E-state index contributed by atoms with van der Waals surface area (Å²) in [6.07, 6.45) is 1.70. The van der Waals surface area contributed by atoms with E-state index in [1.54, 1.807) is 19.1 Å². The van der Waals surface area contributed by atoms with Crippen molar-refractivity contribution in [1.82, 2.24) is 5.32 Å². The minimum absolute atomic E-state index is 0.00394. The molecule has 0 radical (unpaired) electrons. The molecule has 1 unspecified atom stereocenters. The summed E-state index contributed by atoms with van der Waals surface area (Å²) in [6.45, 7) is 6.79. The van der Waals surface area contributed by atoms with Gasteiger partial charge in [0.05, 0.1) is 4.92 Å². The van der Waals surface area contributed by atoms with Gasteiger partial charge in [0.1, 0.15) is 12.2 Å². The third-order valence-corrected chi connectivity index (χ3v) is 3.10. The standard InChI is InChI=1S/C15H24N2O4/c1-4-8-16-10-15(3,18)11-21-14-7-6-12(5-2)9-13(14)17(19)20/h6-7,9,16,18H,4-5,8,10-11H2,1-3H3. The van der Waals surface area contributed by atoms with Crippen molar-refractivity contribution >= 4 is 5.69 Å². The highest BCUT2D eigenvalue weighted by Gasteiger charge is 2.23. The second-order valence-corrected chi connectivity index (χ2v) is 5.38. The molecule has 0 saturated carbocycles. The van der Waals surface area contributed by atoms with E-state index in [1.807, 2.05) is 13.8 Å². The summed E-state index contributed by atoms with van der Waals surface area (Å²) in [6, 6.07) is 4.90. The highest BCUT2D eigenvalue weighted by molar-refractivity contribution is 5.48. The zero-order chi connectivity index (χ0) is 15.9. The molecule has 0 heterocycles. The third kappa shape index (κ3) is 5.69. The minimum Gasteiger partial charge on any atom is -0.484 e. The Bertz CT molecular complexity index is 475. The van der Waals surface area contributed by atoms with Crippen molar-refractivity contribution in [3.63, 3.8) is 0 Å². The van der Waals surface area contributed by atoms with Crippen molar-refractivity contribution in [3.05, 3.63) is 33.9 Å². The molecule has 6 nitrogen and oxygen atoms in total. The molecule has 1 aromatic carbocycles. The number of rotatable bonds is 9. The largest absolute Gasteiger partial charge is 0.484 e. The van der Waals surface area contributed by atoms with E-state index in [9.17, 15) is 15.2 Å². The Morgan fingerprint density at radius 1 is 1.43 bits per heavy atom. The third-order valence-electron chi connectivity index (χ3n) is 3.10. The molecule has 0 bridgehead atoms. The quantitative estimate of drug-likeness (QED) is 0.415. The van der Waals surface area contributed by atoms with Crippen LogP contribution in [0, 0.1) is 10.1 Å². The molecule has 0 aromatic heterocycles. The molecule has 1 atom stereocenters. The van der Waals surface area contributed by atoms with Crippen molar-refractivity contribution < 1.29 is 14.8 Å². The van der Waals surface area contributed by atoms with Gasteiger partial charge in [-0.25, -0.2) is 0 Å². The van der Waals surface area contributed by atoms with Crippen LogP contribution in [0.2, 0.25) is 0 Å². The molecule has 21 heavy (non-hydrogen) atoms. The lowest BCUT2D eigenvalue weighted by molar-refractivity contribution is -0.386. The topological polar surface area (TPSA) is 84.6 Å². The zero-order valence-corrected chi connectivity index (χ0v) is 12.9. The van der Waals surface area contributed by atoms with Gasteiger partial charge in [0.2, 0.25) is 0 Å². The van der Waals surface area contributed by atoms with Crippen molar-refractivity contribution in [3.8, 4) is 5.75 Å². The summed E-state index contributed by atoms with van der Waals surface area (Å²) in [7, 11) is 0. The molecule has 0 aliphatic carbocycles. The number of benzene rings is 1. The number of hydrogen-bond donors (Lipinski definition) is 2. The molecule has 0 fully saturated rings. The predicted octanol–water partition coefficient (Wildman–Crippen LogP) is 2.29. The van der Waals surface area contributed by atoms with Crippen molar-refractivity contribution in [2.24, 2.45) is 0 Å². The van der Waals surface area contributed by atoms with Gasteiger partial charge in [0.15, 0.2) is 5.75 Å². The average molecular weight is 296 g/mol. The van der Waals surface area contributed by atoms with Crippen LogP contribution in [0.5, 0.6) is 5.75 Å². The summed E-state index contributed by atoms with van der Waals surface area (Å²) in [5.74, 6) is 0.188. The van der Waals surface area contributed by atoms with E-state index in [1.165, 1.54) is 6.07 Å². The molecule has 0 saturated heterocycles. The second-order valence-electron chi connectivity index (χ2n) is 5.38.